The van der Waals surface area contributed by atoms with Crippen molar-refractivity contribution in [1.82, 2.24) is 0 Å². The lowest BCUT2D eigenvalue weighted by atomic mass is 10.2. The predicted octanol–water partition coefficient (Wildman–Crippen LogP) is 5.47. The first-order valence-electron chi connectivity index (χ1n) is 7.44. The molecule has 0 aliphatic heterocycles. The van der Waals surface area contributed by atoms with E-state index in [1.54, 1.807) is 36.4 Å². The molecule has 0 fully saturated rings. The van der Waals surface area contributed by atoms with Crippen molar-refractivity contribution in [3.63, 3.8) is 0 Å². The predicted molar refractivity (Wildman–Crippen MR) is 85.0 cm³/mol. The fraction of sp³-hybridized carbons (Fsp3) is 0.250. The van der Waals surface area contributed by atoms with E-state index in [1.807, 2.05) is 0 Å². The smallest absolute Gasteiger partial charge is 0.353 e. The van der Waals surface area contributed by atoms with Gasteiger partial charge in [0.05, 0.1) is 0 Å². The maximum atomic E-state index is 11.6. The number of halogens is 9. The van der Waals surface area contributed by atoms with E-state index in [4.69, 9.17) is 8.37 Å². The second-order valence-corrected chi connectivity index (χ2v) is 6.35. The summed E-state index contributed by atoms with van der Waals surface area (Å²) in [7, 11) is -4.09. The van der Waals surface area contributed by atoms with E-state index in [0.29, 0.717) is 0 Å². The van der Waals surface area contributed by atoms with Gasteiger partial charge in [-0.15, -0.1) is 8.42 Å². The summed E-state index contributed by atoms with van der Waals surface area (Å²) in [5.74, 6) is -12.7. The molecule has 4 nitrogen and oxygen atoms in total. The van der Waals surface area contributed by atoms with Crippen LogP contribution in [0.15, 0.2) is 60.7 Å². The molecule has 0 heterocycles. The van der Waals surface area contributed by atoms with Crippen molar-refractivity contribution >= 4 is 10.4 Å². The highest BCUT2D eigenvalue weighted by atomic mass is 32.3. The normalized spacial score (nSPS) is 12.7. The Morgan fingerprint density at radius 1 is 0.667 bits per heavy atom. The van der Waals surface area contributed by atoms with Crippen molar-refractivity contribution in [2.24, 2.45) is 0 Å². The third kappa shape index (κ3) is 6.71. The minimum atomic E-state index is -6.73. The van der Waals surface area contributed by atoms with Crippen molar-refractivity contribution in [3.8, 4) is 11.5 Å². The third-order valence-electron chi connectivity index (χ3n) is 2.93. The number of alkyl halides is 9. The fourth-order valence-electron chi connectivity index (χ4n) is 1.53. The van der Waals surface area contributed by atoms with E-state index in [1.165, 1.54) is 24.3 Å². The van der Waals surface area contributed by atoms with Crippen LogP contribution in [0.2, 0.25) is 0 Å². The summed E-state index contributed by atoms with van der Waals surface area (Å²) >= 11 is 0. The van der Waals surface area contributed by atoms with Gasteiger partial charge in [0.2, 0.25) is 0 Å². The molecule has 2 rings (SSSR count). The molecule has 168 valence electrons. The molecule has 30 heavy (non-hydrogen) atoms. The van der Waals surface area contributed by atoms with Crippen LogP contribution in [0.4, 0.5) is 39.5 Å². The number of hydrogen-bond donors (Lipinski definition) is 0. The van der Waals surface area contributed by atoms with Crippen molar-refractivity contribution in [1.29, 1.82) is 0 Å². The van der Waals surface area contributed by atoms with Gasteiger partial charge in [-0.2, -0.15) is 30.7 Å². The Hall–Kier alpha value is -2.64. The molecule has 2 aromatic rings. The van der Waals surface area contributed by atoms with E-state index in [0.717, 1.165) is 0 Å². The van der Waals surface area contributed by atoms with Crippen molar-refractivity contribution in [2.45, 2.75) is 24.4 Å². The molecular weight excluding hydrogens is 459 g/mol. The highest BCUT2D eigenvalue weighted by molar-refractivity contribution is 7.82. The van der Waals surface area contributed by atoms with Crippen LogP contribution in [0.1, 0.15) is 0 Å². The molecule has 0 amide bonds. The summed E-state index contributed by atoms with van der Waals surface area (Å²) in [6.07, 6.45) is -11.8. The zero-order valence-electron chi connectivity index (χ0n) is 14.3. The average molecular weight is 470 g/mol. The van der Waals surface area contributed by atoms with Crippen LogP contribution in [0.3, 0.4) is 0 Å². The number of rotatable bonds is 6. The Morgan fingerprint density at radius 3 is 1.23 bits per heavy atom. The van der Waals surface area contributed by atoms with Gasteiger partial charge in [-0.05, 0) is 24.3 Å². The monoisotopic (exact) mass is 470 g/mol. The van der Waals surface area contributed by atoms with Gasteiger partial charge >= 0.3 is 34.8 Å². The van der Waals surface area contributed by atoms with Crippen LogP contribution in [-0.2, 0) is 10.4 Å². The molecule has 0 bridgehead atoms. The van der Waals surface area contributed by atoms with Crippen molar-refractivity contribution in [2.75, 3.05) is 0 Å². The molecule has 0 spiro atoms. The van der Waals surface area contributed by atoms with Gasteiger partial charge in [-0.1, -0.05) is 36.4 Å². The van der Waals surface area contributed by atoms with Gasteiger partial charge < -0.3 is 8.37 Å². The Balaban J connectivity index is 0.000000314. The van der Waals surface area contributed by atoms with Crippen LogP contribution in [0.25, 0.3) is 0 Å². The first-order valence-corrected chi connectivity index (χ1v) is 8.78. The van der Waals surface area contributed by atoms with E-state index >= 15 is 0 Å². The summed E-state index contributed by atoms with van der Waals surface area (Å²) in [4.78, 5) is 0. The number of benzene rings is 2. The molecule has 0 saturated carbocycles. The molecule has 0 saturated heterocycles. The number of para-hydroxylation sites is 2. The molecule has 0 unspecified atom stereocenters. The Bertz CT molecular complexity index is 838. The Kier molecular flexibility index (Phi) is 8.00. The average Bonchev–Trinajstić information content (AvgIpc) is 2.62. The SMILES string of the molecule is FC(F)C(F)(F)C(F)(F)C(F)(F)F.O=S(=O)(Oc1ccccc1)Oc1ccccc1. The first kappa shape index (κ1) is 25.4. The van der Waals surface area contributed by atoms with Gasteiger partial charge in [0.25, 0.3) is 0 Å². The maximum Gasteiger partial charge on any atom is 0.500 e. The number of hydrogen-bond acceptors (Lipinski definition) is 4. The van der Waals surface area contributed by atoms with Crippen LogP contribution in [-0.4, -0.2) is 32.9 Å². The van der Waals surface area contributed by atoms with Crippen LogP contribution in [0.5, 0.6) is 11.5 Å². The van der Waals surface area contributed by atoms with E-state index in [9.17, 15) is 47.9 Å². The lowest BCUT2D eigenvalue weighted by Gasteiger charge is -2.27. The second-order valence-electron chi connectivity index (χ2n) is 5.20. The maximum absolute atomic E-state index is 11.6. The topological polar surface area (TPSA) is 52.6 Å². The van der Waals surface area contributed by atoms with Gasteiger partial charge in [0.15, 0.2) is 0 Å². The lowest BCUT2D eigenvalue weighted by molar-refractivity contribution is -0.375. The molecule has 2 aromatic carbocycles. The molecule has 0 radical (unpaired) electrons. The molecular formula is C16H11F9O4S. The summed E-state index contributed by atoms with van der Waals surface area (Å²) < 4.78 is 135. The largest absolute Gasteiger partial charge is 0.500 e. The van der Waals surface area contributed by atoms with Crippen LogP contribution < -0.4 is 8.37 Å². The van der Waals surface area contributed by atoms with E-state index in [-0.39, 0.29) is 11.5 Å². The summed E-state index contributed by atoms with van der Waals surface area (Å²) in [5, 5.41) is 0. The summed E-state index contributed by atoms with van der Waals surface area (Å²) in [5.41, 5.74) is 0. The highest BCUT2D eigenvalue weighted by Gasteiger charge is 2.76. The molecule has 0 N–H and O–H groups in total. The molecule has 0 aromatic heterocycles. The molecule has 0 aliphatic carbocycles. The highest BCUT2D eigenvalue weighted by Crippen LogP contribution is 2.48. The summed E-state index contributed by atoms with van der Waals surface area (Å²) in [6.45, 7) is 0. The van der Waals surface area contributed by atoms with Gasteiger partial charge in [-0.3, -0.25) is 0 Å². The van der Waals surface area contributed by atoms with Crippen molar-refractivity contribution < 1.29 is 56.3 Å². The van der Waals surface area contributed by atoms with Gasteiger partial charge in [0.1, 0.15) is 11.5 Å². The van der Waals surface area contributed by atoms with Gasteiger partial charge in [0, 0.05) is 0 Å². The fourth-order valence-corrected chi connectivity index (χ4v) is 2.26. The summed E-state index contributed by atoms with van der Waals surface area (Å²) in [6, 6.07) is 16.4. The minimum Gasteiger partial charge on any atom is -0.353 e. The van der Waals surface area contributed by atoms with Crippen LogP contribution >= 0.6 is 0 Å². The minimum absolute atomic E-state index is 0.212. The first-order chi connectivity index (χ1) is 13.6. The Labute approximate surface area is 164 Å². The van der Waals surface area contributed by atoms with Crippen LogP contribution in [0, 0.1) is 0 Å². The molecule has 14 heteroatoms. The standard InChI is InChI=1S/C12H10O4S.C4HF9/c13-17(14,15-11-7-3-1-4-8-11)16-12-9-5-2-6-10-12;5-1(6)2(7,8)3(9,10)4(11,12)13/h1-10H;1H. The quantitative estimate of drug-likeness (QED) is 0.526. The zero-order valence-corrected chi connectivity index (χ0v) is 15.1. The third-order valence-corrected chi connectivity index (χ3v) is 3.72. The second kappa shape index (κ2) is 9.45. The lowest BCUT2D eigenvalue weighted by Crippen LogP contribution is -2.55. The van der Waals surface area contributed by atoms with E-state index < -0.39 is 34.8 Å². The molecule has 0 atom stereocenters. The zero-order chi connectivity index (χ0) is 23.2. The van der Waals surface area contributed by atoms with E-state index in [2.05, 4.69) is 0 Å². The molecule has 0 aliphatic rings. The van der Waals surface area contributed by atoms with Crippen molar-refractivity contribution in [3.05, 3.63) is 60.7 Å². The Morgan fingerprint density at radius 2 is 1.00 bits per heavy atom. The van der Waals surface area contributed by atoms with Gasteiger partial charge in [-0.25, -0.2) is 8.78 Å².